The highest BCUT2D eigenvalue weighted by Crippen LogP contribution is 2.34. The molecule has 2 N–H and O–H groups in total. The molecule has 0 saturated heterocycles. The second-order valence-corrected chi connectivity index (χ2v) is 6.26. The van der Waals surface area contributed by atoms with Crippen LogP contribution in [0.5, 0.6) is 0 Å². The number of halogens is 4. The molecule has 1 fully saturated rings. The first kappa shape index (κ1) is 17.8. The number of rotatable bonds is 3. The molecule has 9 heteroatoms. The quantitative estimate of drug-likeness (QED) is 0.859. The second kappa shape index (κ2) is 6.68. The van der Waals surface area contributed by atoms with Gasteiger partial charge in [0.15, 0.2) is 11.5 Å². The lowest BCUT2D eigenvalue weighted by Gasteiger charge is -2.10. The first-order chi connectivity index (χ1) is 11.8. The average Bonchev–Trinajstić information content (AvgIpc) is 3.12. The van der Waals surface area contributed by atoms with Crippen LogP contribution < -0.4 is 5.32 Å². The Balaban J connectivity index is 1.77. The number of aliphatic hydroxyl groups excluding tert-OH is 1. The lowest BCUT2D eigenvalue weighted by Crippen LogP contribution is -2.33. The number of nitrogens with one attached hydrogen (secondary N) is 1. The van der Waals surface area contributed by atoms with Gasteiger partial charge in [0.2, 0.25) is 0 Å². The fraction of sp³-hybridized carbons (Fsp3) is 0.375. The fourth-order valence-electron chi connectivity index (χ4n) is 2.75. The second-order valence-electron chi connectivity index (χ2n) is 5.89. The van der Waals surface area contributed by atoms with Crippen molar-refractivity contribution < 1.29 is 27.6 Å². The average molecular weight is 375 g/mol. The highest BCUT2D eigenvalue weighted by molar-refractivity contribution is 6.35. The minimum atomic E-state index is -4.44. The number of carbonyl (C=O) groups excluding carboxylic acids is 1. The van der Waals surface area contributed by atoms with Crippen LogP contribution in [-0.2, 0) is 6.18 Å². The van der Waals surface area contributed by atoms with Crippen LogP contribution in [0.4, 0.5) is 13.2 Å². The number of aromatic nitrogens is 1. The maximum Gasteiger partial charge on any atom is 0.416 e. The Hall–Kier alpha value is -2.06. The molecule has 1 amide bonds. The van der Waals surface area contributed by atoms with Crippen molar-refractivity contribution in [1.29, 1.82) is 0 Å². The molecule has 5 nitrogen and oxygen atoms in total. The predicted octanol–water partition coefficient (Wildman–Crippen LogP) is 3.66. The van der Waals surface area contributed by atoms with Gasteiger partial charge in [-0.3, -0.25) is 4.79 Å². The first-order valence-corrected chi connectivity index (χ1v) is 7.95. The topological polar surface area (TPSA) is 75.4 Å². The van der Waals surface area contributed by atoms with Crippen LogP contribution in [0.3, 0.4) is 0 Å². The van der Waals surface area contributed by atoms with Crippen molar-refractivity contribution in [3.05, 3.63) is 40.5 Å². The summed E-state index contributed by atoms with van der Waals surface area (Å²) < 4.78 is 42.8. The van der Waals surface area contributed by atoms with Gasteiger partial charge in [-0.05, 0) is 31.4 Å². The van der Waals surface area contributed by atoms with E-state index in [2.05, 4.69) is 10.5 Å². The normalized spacial score (nSPS) is 20.7. The van der Waals surface area contributed by atoms with Gasteiger partial charge in [-0.25, -0.2) is 0 Å². The van der Waals surface area contributed by atoms with Gasteiger partial charge in [0, 0.05) is 11.6 Å². The van der Waals surface area contributed by atoms with E-state index in [-0.39, 0.29) is 28.1 Å². The molecule has 1 aliphatic rings. The van der Waals surface area contributed by atoms with Gasteiger partial charge >= 0.3 is 6.18 Å². The molecule has 0 radical (unpaired) electrons. The van der Waals surface area contributed by atoms with Crippen molar-refractivity contribution in [3.8, 4) is 11.3 Å². The molecule has 1 saturated carbocycles. The number of benzene rings is 1. The maximum atomic E-state index is 12.6. The monoisotopic (exact) mass is 374 g/mol. The van der Waals surface area contributed by atoms with E-state index in [4.69, 9.17) is 16.1 Å². The van der Waals surface area contributed by atoms with Crippen molar-refractivity contribution in [3.63, 3.8) is 0 Å². The van der Waals surface area contributed by atoms with E-state index in [0.29, 0.717) is 19.3 Å². The van der Waals surface area contributed by atoms with Crippen LogP contribution in [0.2, 0.25) is 5.02 Å². The number of amides is 1. The number of nitrogens with zero attached hydrogens (tertiary/aromatic N) is 1. The number of hydrogen-bond donors (Lipinski definition) is 2. The molecule has 1 aromatic heterocycles. The molecule has 2 atom stereocenters. The Bertz CT molecular complexity index is 774. The van der Waals surface area contributed by atoms with Crippen LogP contribution in [0.25, 0.3) is 11.3 Å². The van der Waals surface area contributed by atoms with Gasteiger partial charge in [-0.2, -0.15) is 13.2 Å². The van der Waals surface area contributed by atoms with E-state index < -0.39 is 23.8 Å². The Morgan fingerprint density at radius 2 is 1.96 bits per heavy atom. The van der Waals surface area contributed by atoms with Crippen molar-refractivity contribution in [2.75, 3.05) is 0 Å². The van der Waals surface area contributed by atoms with Crippen LogP contribution in [0, 0.1) is 0 Å². The van der Waals surface area contributed by atoms with Crippen molar-refractivity contribution in [2.24, 2.45) is 0 Å². The standard InChI is InChI=1S/C16H14ClF3N2O3/c17-12-13(15(24)21-10-5-6-11(23)7-10)22-25-14(12)8-1-3-9(4-2-8)16(18,19)20/h1-4,10-11,23H,5-7H2,(H,21,24)/t10-,11-/m1/s1. The summed E-state index contributed by atoms with van der Waals surface area (Å²) >= 11 is 6.11. The number of alkyl halides is 3. The predicted molar refractivity (Wildman–Crippen MR) is 83.1 cm³/mol. The third-order valence-electron chi connectivity index (χ3n) is 4.07. The molecule has 0 bridgehead atoms. The molecule has 25 heavy (non-hydrogen) atoms. The van der Waals surface area contributed by atoms with Crippen LogP contribution in [0.1, 0.15) is 35.3 Å². The summed E-state index contributed by atoms with van der Waals surface area (Å²) in [4.78, 5) is 12.2. The molecule has 0 unspecified atom stereocenters. The Morgan fingerprint density at radius 1 is 1.28 bits per heavy atom. The van der Waals surface area contributed by atoms with Crippen molar-refractivity contribution in [1.82, 2.24) is 10.5 Å². The van der Waals surface area contributed by atoms with E-state index >= 15 is 0 Å². The van der Waals surface area contributed by atoms with Crippen molar-refractivity contribution >= 4 is 17.5 Å². The van der Waals surface area contributed by atoms with Crippen LogP contribution >= 0.6 is 11.6 Å². The van der Waals surface area contributed by atoms with Gasteiger partial charge in [0.25, 0.3) is 5.91 Å². The van der Waals surface area contributed by atoms with E-state index in [1.54, 1.807) is 0 Å². The number of carbonyl (C=O) groups is 1. The molecule has 1 aliphatic carbocycles. The molecule has 0 spiro atoms. The van der Waals surface area contributed by atoms with Crippen LogP contribution in [0.15, 0.2) is 28.8 Å². The summed E-state index contributed by atoms with van der Waals surface area (Å²) in [5.41, 5.74) is -0.663. The molecular weight excluding hydrogens is 361 g/mol. The minimum Gasteiger partial charge on any atom is -0.393 e. The Labute approximate surface area is 145 Å². The van der Waals surface area contributed by atoms with Crippen LogP contribution in [-0.4, -0.2) is 28.3 Å². The van der Waals surface area contributed by atoms with E-state index in [0.717, 1.165) is 12.1 Å². The molecule has 2 aromatic rings. The third-order valence-corrected chi connectivity index (χ3v) is 4.42. The number of aliphatic hydroxyl groups is 1. The van der Waals surface area contributed by atoms with Gasteiger partial charge in [0.05, 0.1) is 11.7 Å². The van der Waals surface area contributed by atoms with Gasteiger partial charge in [0.1, 0.15) is 5.02 Å². The highest BCUT2D eigenvalue weighted by atomic mass is 35.5. The summed E-state index contributed by atoms with van der Waals surface area (Å²) in [7, 11) is 0. The summed E-state index contributed by atoms with van der Waals surface area (Å²) in [6, 6.07) is 4.01. The molecular formula is C16H14ClF3N2O3. The SMILES string of the molecule is O=C(N[C@@H]1CC[C@@H](O)C1)c1noc(-c2ccc(C(F)(F)F)cc2)c1Cl. The number of hydrogen-bond acceptors (Lipinski definition) is 4. The Kier molecular flexibility index (Phi) is 4.75. The molecule has 0 aliphatic heterocycles. The van der Waals surface area contributed by atoms with Gasteiger partial charge < -0.3 is 14.9 Å². The Morgan fingerprint density at radius 3 is 2.52 bits per heavy atom. The third kappa shape index (κ3) is 3.80. The summed E-state index contributed by atoms with van der Waals surface area (Å²) in [6.07, 6.45) is -3.18. The maximum absolute atomic E-state index is 12.6. The summed E-state index contributed by atoms with van der Waals surface area (Å²) in [5.74, 6) is -0.530. The smallest absolute Gasteiger partial charge is 0.393 e. The minimum absolute atomic E-state index is 0.0204. The molecule has 1 aromatic carbocycles. The van der Waals surface area contributed by atoms with Gasteiger partial charge in [-0.15, -0.1) is 0 Å². The highest BCUT2D eigenvalue weighted by Gasteiger charge is 2.31. The molecule has 1 heterocycles. The zero-order chi connectivity index (χ0) is 18.2. The molecule has 134 valence electrons. The van der Waals surface area contributed by atoms with E-state index in [1.807, 2.05) is 0 Å². The zero-order valence-electron chi connectivity index (χ0n) is 12.8. The summed E-state index contributed by atoms with van der Waals surface area (Å²) in [5, 5.41) is 15.7. The van der Waals surface area contributed by atoms with E-state index in [9.17, 15) is 23.1 Å². The lowest BCUT2D eigenvalue weighted by atomic mass is 10.1. The van der Waals surface area contributed by atoms with E-state index in [1.165, 1.54) is 12.1 Å². The largest absolute Gasteiger partial charge is 0.416 e. The first-order valence-electron chi connectivity index (χ1n) is 7.57. The zero-order valence-corrected chi connectivity index (χ0v) is 13.6. The lowest BCUT2D eigenvalue weighted by molar-refractivity contribution is -0.137. The fourth-order valence-corrected chi connectivity index (χ4v) is 3.02. The molecule has 3 rings (SSSR count). The van der Waals surface area contributed by atoms with Gasteiger partial charge in [-0.1, -0.05) is 28.9 Å². The summed E-state index contributed by atoms with van der Waals surface area (Å²) in [6.45, 7) is 0. The van der Waals surface area contributed by atoms with Crippen molar-refractivity contribution in [2.45, 2.75) is 37.6 Å².